The lowest BCUT2D eigenvalue weighted by atomic mass is 10.2. The first-order valence-electron chi connectivity index (χ1n) is 7.40. The molecule has 8 nitrogen and oxygen atoms in total. The van der Waals surface area contributed by atoms with Crippen LogP contribution in [0.3, 0.4) is 0 Å². The molecular formula is C15H22N7O+. The molecule has 122 valence electrons. The lowest BCUT2D eigenvalue weighted by Crippen LogP contribution is -2.27. The zero-order chi connectivity index (χ0) is 17.0. The van der Waals surface area contributed by atoms with Crippen LogP contribution < -0.4 is 21.7 Å². The number of aliphatic imine (C=N–C) groups is 1. The van der Waals surface area contributed by atoms with Crippen molar-refractivity contribution in [2.24, 2.45) is 21.6 Å². The van der Waals surface area contributed by atoms with Crippen molar-refractivity contribution in [2.45, 2.75) is 13.8 Å². The maximum Gasteiger partial charge on any atom is 0.320 e. The van der Waals surface area contributed by atoms with E-state index in [0.29, 0.717) is 22.9 Å². The van der Waals surface area contributed by atoms with Crippen molar-refractivity contribution in [3.8, 4) is 0 Å². The number of primary amides is 1. The fraction of sp³-hybridized carbons (Fsp3) is 0.333. The first-order valence-corrected chi connectivity index (χ1v) is 7.40. The van der Waals surface area contributed by atoms with E-state index in [0.717, 1.165) is 18.8 Å². The van der Waals surface area contributed by atoms with Gasteiger partial charge < -0.3 is 16.0 Å². The molecule has 2 amide bonds. The number of hydrazone groups is 1. The fourth-order valence-electron chi connectivity index (χ4n) is 2.29. The molecule has 0 aromatic heterocycles. The van der Waals surface area contributed by atoms with Gasteiger partial charge in [0.15, 0.2) is 5.71 Å². The third kappa shape index (κ3) is 3.65. The summed E-state index contributed by atoms with van der Waals surface area (Å²) in [6.07, 6.45) is 1.57. The van der Waals surface area contributed by atoms with Crippen LogP contribution in [-0.4, -0.2) is 48.6 Å². The number of nitrogens with two attached hydrogens (primary N) is 2. The summed E-state index contributed by atoms with van der Waals surface area (Å²) in [4.78, 5) is 17.9. The Labute approximate surface area is 135 Å². The summed E-state index contributed by atoms with van der Waals surface area (Å²) < 4.78 is 1.53. The number of carbonyl (C=O) groups excluding carboxylic acids is 1. The van der Waals surface area contributed by atoms with Gasteiger partial charge in [0.25, 0.3) is 0 Å². The summed E-state index contributed by atoms with van der Waals surface area (Å²) in [5, 5.41) is 6.67. The van der Waals surface area contributed by atoms with E-state index in [-0.39, 0.29) is 0 Å². The van der Waals surface area contributed by atoms with Gasteiger partial charge in [0.1, 0.15) is 13.3 Å². The number of nitrogens with one attached hydrogen (secondary N) is 1. The van der Waals surface area contributed by atoms with Gasteiger partial charge in [0, 0.05) is 18.8 Å². The summed E-state index contributed by atoms with van der Waals surface area (Å²) in [6, 6.07) is 4.98. The van der Waals surface area contributed by atoms with Crippen LogP contribution in [0.2, 0.25) is 0 Å². The topological polar surface area (TPSA) is 112 Å². The number of nitrogens with zero attached hydrogens (tertiary/aromatic N) is 4. The van der Waals surface area contributed by atoms with Crippen LogP contribution in [0.1, 0.15) is 13.8 Å². The SMILES string of the molecule is CCN(CC)c1ccc(N=C2C=N[N+](C)=C2N)c(NC(N)=O)c1. The first kappa shape index (κ1) is 16.5. The van der Waals surface area contributed by atoms with Gasteiger partial charge in [-0.15, -0.1) is 4.68 Å². The highest BCUT2D eigenvalue weighted by Crippen LogP contribution is 2.30. The molecule has 2 rings (SSSR count). The summed E-state index contributed by atoms with van der Waals surface area (Å²) in [5.74, 6) is 0.447. The average Bonchev–Trinajstić information content (AvgIpc) is 2.82. The lowest BCUT2D eigenvalue weighted by Gasteiger charge is -2.22. The van der Waals surface area contributed by atoms with Gasteiger partial charge in [-0.1, -0.05) is 5.10 Å². The maximum atomic E-state index is 11.3. The van der Waals surface area contributed by atoms with E-state index in [4.69, 9.17) is 11.5 Å². The predicted octanol–water partition coefficient (Wildman–Crippen LogP) is 1.09. The number of carbonyl (C=O) groups is 1. The number of urea groups is 1. The summed E-state index contributed by atoms with van der Waals surface area (Å²) in [7, 11) is 1.74. The number of hydrogen-bond acceptors (Lipinski definition) is 5. The molecule has 0 saturated carbocycles. The minimum atomic E-state index is -0.641. The third-order valence-corrected chi connectivity index (χ3v) is 3.57. The van der Waals surface area contributed by atoms with Crippen LogP contribution >= 0.6 is 0 Å². The number of amides is 2. The van der Waals surface area contributed by atoms with E-state index >= 15 is 0 Å². The zero-order valence-corrected chi connectivity index (χ0v) is 13.6. The van der Waals surface area contributed by atoms with Gasteiger partial charge in [0.05, 0.1) is 11.4 Å². The Morgan fingerprint density at radius 2 is 2.09 bits per heavy atom. The van der Waals surface area contributed by atoms with Gasteiger partial charge in [-0.05, 0) is 32.0 Å². The highest BCUT2D eigenvalue weighted by atomic mass is 16.2. The van der Waals surface area contributed by atoms with Crippen molar-refractivity contribution >= 4 is 40.9 Å². The maximum absolute atomic E-state index is 11.3. The van der Waals surface area contributed by atoms with Crippen LogP contribution in [0.5, 0.6) is 0 Å². The van der Waals surface area contributed by atoms with E-state index in [1.54, 1.807) is 13.3 Å². The summed E-state index contributed by atoms with van der Waals surface area (Å²) in [5.41, 5.74) is 13.8. The zero-order valence-electron chi connectivity index (χ0n) is 13.6. The molecule has 1 aliphatic rings. The number of anilines is 2. The van der Waals surface area contributed by atoms with Crippen LogP contribution in [-0.2, 0) is 0 Å². The van der Waals surface area contributed by atoms with E-state index < -0.39 is 6.03 Å². The Bertz CT molecular complexity index is 702. The molecule has 0 radical (unpaired) electrons. The largest absolute Gasteiger partial charge is 0.372 e. The van der Waals surface area contributed by atoms with Crippen LogP contribution in [0.15, 0.2) is 28.3 Å². The van der Waals surface area contributed by atoms with Crippen molar-refractivity contribution in [1.29, 1.82) is 0 Å². The van der Waals surface area contributed by atoms with Gasteiger partial charge in [-0.3, -0.25) is 5.73 Å². The van der Waals surface area contributed by atoms with Crippen molar-refractivity contribution in [2.75, 3.05) is 30.4 Å². The highest BCUT2D eigenvalue weighted by molar-refractivity contribution is 6.62. The second kappa shape index (κ2) is 6.91. The Morgan fingerprint density at radius 1 is 1.39 bits per heavy atom. The minimum Gasteiger partial charge on any atom is -0.372 e. The molecule has 1 aliphatic heterocycles. The van der Waals surface area contributed by atoms with E-state index in [1.165, 1.54) is 4.68 Å². The number of rotatable bonds is 5. The molecular weight excluding hydrogens is 294 g/mol. The summed E-state index contributed by atoms with van der Waals surface area (Å²) >= 11 is 0. The Kier molecular flexibility index (Phi) is 4.95. The third-order valence-electron chi connectivity index (χ3n) is 3.57. The van der Waals surface area contributed by atoms with E-state index in [2.05, 4.69) is 34.2 Å². The van der Waals surface area contributed by atoms with Gasteiger partial charge >= 0.3 is 11.9 Å². The Balaban J connectivity index is 2.45. The molecule has 23 heavy (non-hydrogen) atoms. The molecule has 8 heteroatoms. The minimum absolute atomic E-state index is 0.447. The molecule has 1 aromatic carbocycles. The molecule has 0 spiro atoms. The van der Waals surface area contributed by atoms with Crippen molar-refractivity contribution < 1.29 is 9.48 Å². The van der Waals surface area contributed by atoms with Gasteiger partial charge in [0.2, 0.25) is 0 Å². The predicted molar refractivity (Wildman–Crippen MR) is 94.2 cm³/mol. The average molecular weight is 316 g/mol. The molecule has 1 aromatic rings. The Hall–Kier alpha value is -2.90. The Morgan fingerprint density at radius 3 is 2.61 bits per heavy atom. The molecule has 5 N–H and O–H groups in total. The number of amidine groups is 1. The van der Waals surface area contributed by atoms with E-state index in [1.807, 2.05) is 18.2 Å². The molecule has 0 fully saturated rings. The molecule has 0 saturated heterocycles. The van der Waals surface area contributed by atoms with Crippen LogP contribution in [0.4, 0.5) is 21.9 Å². The number of hydrogen-bond donors (Lipinski definition) is 3. The second-order valence-corrected chi connectivity index (χ2v) is 5.01. The molecule has 0 bridgehead atoms. The summed E-state index contributed by atoms with van der Waals surface area (Å²) in [6.45, 7) is 5.86. The smallest absolute Gasteiger partial charge is 0.320 e. The van der Waals surface area contributed by atoms with Crippen LogP contribution in [0.25, 0.3) is 0 Å². The normalized spacial score (nSPS) is 15.3. The van der Waals surface area contributed by atoms with Gasteiger partial charge in [-0.2, -0.15) is 0 Å². The first-order chi connectivity index (χ1) is 11.0. The standard InChI is InChI=1S/C15H21N7O/c1-4-22(5-2)10-6-7-11(12(8-10)20-15(17)23)19-13-9-18-21(3)14(13)16/h6-9H,4-5H2,1-3H3,(H4,16,17,18,20,23)/p+1. The van der Waals surface area contributed by atoms with Gasteiger partial charge in [-0.25, -0.2) is 9.79 Å². The monoisotopic (exact) mass is 316 g/mol. The fourth-order valence-corrected chi connectivity index (χ4v) is 2.29. The molecule has 1 heterocycles. The molecule has 0 atom stereocenters. The van der Waals surface area contributed by atoms with E-state index in [9.17, 15) is 4.79 Å². The van der Waals surface area contributed by atoms with Crippen molar-refractivity contribution in [3.05, 3.63) is 18.2 Å². The second-order valence-electron chi connectivity index (χ2n) is 5.01. The number of benzene rings is 1. The highest BCUT2D eigenvalue weighted by Gasteiger charge is 2.19. The lowest BCUT2D eigenvalue weighted by molar-refractivity contribution is -0.498. The van der Waals surface area contributed by atoms with Crippen LogP contribution in [0, 0.1) is 0 Å². The van der Waals surface area contributed by atoms with Crippen molar-refractivity contribution in [3.63, 3.8) is 0 Å². The molecule has 0 unspecified atom stereocenters. The van der Waals surface area contributed by atoms with Crippen molar-refractivity contribution in [1.82, 2.24) is 0 Å². The molecule has 0 aliphatic carbocycles. The quantitative estimate of drug-likeness (QED) is 0.707.